The SMILES string of the molecule is CC(C)n1c(/C=C/[C@@H](O)C[C@@H](O)CC(=O)O)c(-c2ccc(F)cc2)c(-c2ccccc2)c1C(=O)Nc1cccc(C(=O)N(C)C)c1. The van der Waals surface area contributed by atoms with Crippen LogP contribution in [-0.4, -0.2) is 68.9 Å². The lowest BCUT2D eigenvalue weighted by molar-refractivity contribution is -0.139. The number of nitrogens with one attached hydrogen (secondary N) is 1. The highest BCUT2D eigenvalue weighted by molar-refractivity contribution is 6.12. The van der Waals surface area contributed by atoms with E-state index in [0.29, 0.717) is 39.3 Å². The standard InChI is InChI=1S/C36H38FN3O6/c1-22(2)40-30(18-17-28(41)20-29(42)21-31(43)44)32(24-13-15-26(37)16-14-24)33(23-9-6-5-7-10-23)34(40)35(45)38-27-12-8-11-25(19-27)36(46)39(3)4/h5-19,22,28-29,41-42H,20-21H2,1-4H3,(H,38,45)(H,43,44)/b18-17+/t28-,29-/m1/s1. The summed E-state index contributed by atoms with van der Waals surface area (Å²) in [6.45, 7) is 3.81. The van der Waals surface area contributed by atoms with Gasteiger partial charge < -0.3 is 30.1 Å². The molecule has 9 nitrogen and oxygen atoms in total. The van der Waals surface area contributed by atoms with Crippen molar-refractivity contribution in [2.24, 2.45) is 0 Å². The third-order valence-corrected chi connectivity index (χ3v) is 7.34. The van der Waals surface area contributed by atoms with Crippen LogP contribution >= 0.6 is 0 Å². The molecule has 4 rings (SSSR count). The summed E-state index contributed by atoms with van der Waals surface area (Å²) in [5, 5.41) is 32.8. The molecule has 0 saturated heterocycles. The van der Waals surface area contributed by atoms with E-state index in [1.807, 2.05) is 48.7 Å². The second-order valence-corrected chi connectivity index (χ2v) is 11.5. The summed E-state index contributed by atoms with van der Waals surface area (Å²) in [6.07, 6.45) is -0.104. The normalized spacial score (nSPS) is 12.7. The molecule has 0 spiro atoms. The fourth-order valence-electron chi connectivity index (χ4n) is 5.35. The molecule has 0 aliphatic carbocycles. The van der Waals surface area contributed by atoms with Gasteiger partial charge in [-0.05, 0) is 61.4 Å². The molecule has 2 amide bonds. The molecule has 0 aliphatic rings. The van der Waals surface area contributed by atoms with Gasteiger partial charge in [-0.2, -0.15) is 0 Å². The van der Waals surface area contributed by atoms with E-state index in [4.69, 9.17) is 5.11 Å². The van der Waals surface area contributed by atoms with Crippen LogP contribution in [0, 0.1) is 5.82 Å². The molecule has 1 heterocycles. The Morgan fingerprint density at radius 1 is 0.913 bits per heavy atom. The minimum Gasteiger partial charge on any atom is -0.481 e. The average Bonchev–Trinajstić information content (AvgIpc) is 3.35. The number of aliphatic hydroxyl groups is 2. The van der Waals surface area contributed by atoms with E-state index in [9.17, 15) is 29.0 Å². The number of hydrogen-bond donors (Lipinski definition) is 4. The lowest BCUT2D eigenvalue weighted by atomic mass is 9.94. The van der Waals surface area contributed by atoms with Crippen LogP contribution in [0.5, 0.6) is 0 Å². The van der Waals surface area contributed by atoms with Gasteiger partial charge in [0.15, 0.2) is 0 Å². The number of hydrogen-bond acceptors (Lipinski definition) is 5. The zero-order valence-electron chi connectivity index (χ0n) is 26.1. The van der Waals surface area contributed by atoms with Crippen molar-refractivity contribution in [3.8, 4) is 22.3 Å². The smallest absolute Gasteiger partial charge is 0.305 e. The van der Waals surface area contributed by atoms with Crippen LogP contribution < -0.4 is 5.32 Å². The van der Waals surface area contributed by atoms with E-state index < -0.39 is 36.3 Å². The predicted octanol–water partition coefficient (Wildman–Crippen LogP) is 6.10. The molecule has 1 aromatic heterocycles. The van der Waals surface area contributed by atoms with Crippen LogP contribution in [-0.2, 0) is 4.79 Å². The van der Waals surface area contributed by atoms with Crippen LogP contribution in [0.25, 0.3) is 28.3 Å². The second kappa shape index (κ2) is 14.8. The summed E-state index contributed by atoms with van der Waals surface area (Å²) in [7, 11) is 3.29. The van der Waals surface area contributed by atoms with Crippen LogP contribution in [0.3, 0.4) is 0 Å². The molecule has 2 atom stereocenters. The Bertz CT molecular complexity index is 1730. The number of aliphatic carboxylic acids is 1. The molecular formula is C36H38FN3O6. The maximum atomic E-state index is 14.3. The number of aromatic nitrogens is 1. The van der Waals surface area contributed by atoms with E-state index in [1.54, 1.807) is 56.6 Å². The molecule has 240 valence electrons. The first kappa shape index (κ1) is 33.8. The Labute approximate surface area is 267 Å². The van der Waals surface area contributed by atoms with Gasteiger partial charge in [0, 0.05) is 54.6 Å². The van der Waals surface area contributed by atoms with Gasteiger partial charge in [0.05, 0.1) is 18.6 Å². The zero-order valence-corrected chi connectivity index (χ0v) is 26.1. The first-order valence-electron chi connectivity index (χ1n) is 14.9. The summed E-state index contributed by atoms with van der Waals surface area (Å²) in [6, 6.07) is 21.5. The number of carboxylic acid groups (broad SMARTS) is 1. The number of amides is 2. The average molecular weight is 628 g/mol. The zero-order chi connectivity index (χ0) is 33.5. The number of nitrogens with zero attached hydrogens (tertiary/aromatic N) is 2. The van der Waals surface area contributed by atoms with Gasteiger partial charge in [0.1, 0.15) is 11.5 Å². The number of rotatable bonds is 12. The highest BCUT2D eigenvalue weighted by Gasteiger charge is 2.29. The number of carbonyl (C=O) groups excluding carboxylic acids is 2. The highest BCUT2D eigenvalue weighted by Crippen LogP contribution is 2.43. The first-order valence-corrected chi connectivity index (χ1v) is 14.9. The summed E-state index contributed by atoms with van der Waals surface area (Å²) >= 11 is 0. The van der Waals surface area contributed by atoms with Crippen molar-refractivity contribution in [1.29, 1.82) is 0 Å². The van der Waals surface area contributed by atoms with Crippen molar-refractivity contribution in [2.75, 3.05) is 19.4 Å². The van der Waals surface area contributed by atoms with Gasteiger partial charge in [-0.3, -0.25) is 14.4 Å². The van der Waals surface area contributed by atoms with Gasteiger partial charge in [0.25, 0.3) is 11.8 Å². The third kappa shape index (κ3) is 7.96. The molecule has 0 aliphatic heterocycles. The van der Waals surface area contributed by atoms with E-state index in [0.717, 1.165) is 5.56 Å². The molecule has 4 aromatic rings. The quantitative estimate of drug-likeness (QED) is 0.150. The minimum absolute atomic E-state index is 0.210. The van der Waals surface area contributed by atoms with E-state index in [2.05, 4.69) is 5.32 Å². The van der Waals surface area contributed by atoms with Crippen LogP contribution in [0.15, 0.2) is 84.9 Å². The second-order valence-electron chi connectivity index (χ2n) is 11.5. The highest BCUT2D eigenvalue weighted by atomic mass is 19.1. The minimum atomic E-state index is -1.26. The van der Waals surface area contributed by atoms with Crippen LogP contribution in [0.1, 0.15) is 59.3 Å². The summed E-state index contributed by atoms with van der Waals surface area (Å²) in [4.78, 5) is 39.4. The summed E-state index contributed by atoms with van der Waals surface area (Å²) < 4.78 is 15.9. The van der Waals surface area contributed by atoms with Crippen LogP contribution in [0.2, 0.25) is 0 Å². The Balaban J connectivity index is 1.94. The maximum absolute atomic E-state index is 14.3. The molecule has 46 heavy (non-hydrogen) atoms. The van der Waals surface area contributed by atoms with Crippen molar-refractivity contribution in [1.82, 2.24) is 9.47 Å². The number of benzene rings is 3. The van der Waals surface area contributed by atoms with E-state index >= 15 is 0 Å². The molecule has 0 radical (unpaired) electrons. The van der Waals surface area contributed by atoms with E-state index in [1.165, 1.54) is 23.1 Å². The maximum Gasteiger partial charge on any atom is 0.305 e. The fraction of sp³-hybridized carbons (Fsp3) is 0.250. The molecule has 10 heteroatoms. The Morgan fingerprint density at radius 2 is 1.57 bits per heavy atom. The number of halogens is 1. The number of carbonyl (C=O) groups is 3. The molecule has 0 bridgehead atoms. The van der Waals surface area contributed by atoms with Crippen molar-refractivity contribution in [3.63, 3.8) is 0 Å². The molecular weight excluding hydrogens is 589 g/mol. The van der Waals surface area contributed by atoms with Crippen molar-refractivity contribution >= 4 is 29.5 Å². The molecule has 0 unspecified atom stereocenters. The van der Waals surface area contributed by atoms with Gasteiger partial charge in [0.2, 0.25) is 0 Å². The van der Waals surface area contributed by atoms with Crippen molar-refractivity contribution in [2.45, 2.75) is 44.9 Å². The Morgan fingerprint density at radius 3 is 2.17 bits per heavy atom. The third-order valence-electron chi connectivity index (χ3n) is 7.34. The van der Waals surface area contributed by atoms with Gasteiger partial charge >= 0.3 is 5.97 Å². The lowest BCUT2D eigenvalue weighted by Gasteiger charge is -2.18. The molecule has 0 saturated carbocycles. The van der Waals surface area contributed by atoms with Crippen LogP contribution in [0.4, 0.5) is 10.1 Å². The molecule has 4 N–H and O–H groups in total. The largest absolute Gasteiger partial charge is 0.481 e. The number of anilines is 1. The predicted molar refractivity (Wildman–Crippen MR) is 176 cm³/mol. The Hall–Kier alpha value is -5.06. The summed E-state index contributed by atoms with van der Waals surface area (Å²) in [5.74, 6) is -2.29. The monoisotopic (exact) mass is 627 g/mol. The Kier molecular flexibility index (Phi) is 10.9. The fourth-order valence-corrected chi connectivity index (χ4v) is 5.35. The van der Waals surface area contributed by atoms with Gasteiger partial charge in [-0.25, -0.2) is 4.39 Å². The molecule has 3 aromatic carbocycles. The first-order chi connectivity index (χ1) is 21.9. The van der Waals surface area contributed by atoms with E-state index in [-0.39, 0.29) is 18.4 Å². The van der Waals surface area contributed by atoms with Gasteiger partial charge in [-0.15, -0.1) is 0 Å². The van der Waals surface area contributed by atoms with Crippen molar-refractivity contribution < 1.29 is 34.1 Å². The molecule has 0 fully saturated rings. The number of carboxylic acids is 1. The summed E-state index contributed by atoms with van der Waals surface area (Å²) in [5.41, 5.74) is 4.16. The van der Waals surface area contributed by atoms with Gasteiger partial charge in [-0.1, -0.05) is 54.6 Å². The van der Waals surface area contributed by atoms with Crippen molar-refractivity contribution in [3.05, 3.63) is 108 Å². The topological polar surface area (TPSA) is 132 Å². The number of aliphatic hydroxyl groups excluding tert-OH is 2. The lowest BCUT2D eigenvalue weighted by Crippen LogP contribution is -2.22.